The largest absolute Gasteiger partial charge is 0.299 e. The molecule has 3 heteroatoms. The quantitative estimate of drug-likeness (QED) is 0.346. The molecule has 0 radical (unpaired) electrons. The van der Waals surface area contributed by atoms with Crippen LogP contribution >= 0.6 is 22.6 Å². The molecule has 0 spiro atoms. The van der Waals surface area contributed by atoms with Crippen molar-refractivity contribution >= 4 is 34.2 Å². The molecule has 0 amide bonds. The smallest absolute Gasteiger partial charge is 0.146 e. The van der Waals surface area contributed by atoms with Crippen molar-refractivity contribution in [3.05, 3.63) is 12.2 Å². The third-order valence-corrected chi connectivity index (χ3v) is 3.68. The first kappa shape index (κ1) is 10.9. The van der Waals surface area contributed by atoms with Gasteiger partial charge in [-0.05, 0) is 13.3 Å². The molecule has 0 aromatic carbocycles. The molecule has 0 heterocycles. The number of Topliss-reactive ketones (excluding diaryl/α,β-unsaturated/α-hetero) is 2. The van der Waals surface area contributed by atoms with Gasteiger partial charge < -0.3 is 0 Å². The summed E-state index contributed by atoms with van der Waals surface area (Å²) in [7, 11) is 0. The molecule has 2 nitrogen and oxygen atoms in total. The Morgan fingerprint density at radius 2 is 1.92 bits per heavy atom. The van der Waals surface area contributed by atoms with E-state index in [0.717, 1.165) is 10.0 Å². The Bertz CT molecular complexity index is 252. The summed E-state index contributed by atoms with van der Waals surface area (Å²) >= 11 is 2.20. The number of carbonyl (C=O) groups is 2. The molecule has 0 bridgehead atoms. The summed E-state index contributed by atoms with van der Waals surface area (Å²) in [5.74, 6) is 0.173. The van der Waals surface area contributed by atoms with E-state index in [9.17, 15) is 9.59 Å². The van der Waals surface area contributed by atoms with Gasteiger partial charge in [0.2, 0.25) is 0 Å². The van der Waals surface area contributed by atoms with Gasteiger partial charge in [-0.3, -0.25) is 9.59 Å². The van der Waals surface area contributed by atoms with Crippen molar-refractivity contribution in [3.8, 4) is 0 Å². The molecular weight excluding hydrogens is 279 g/mol. The van der Waals surface area contributed by atoms with Crippen molar-refractivity contribution in [3.63, 3.8) is 0 Å². The summed E-state index contributed by atoms with van der Waals surface area (Å²) in [5, 5.41) is 0. The normalized spacial score (nSPS) is 20.8. The summed E-state index contributed by atoms with van der Waals surface area (Å²) in [5.41, 5.74) is 0.231. The molecule has 1 aliphatic rings. The van der Waals surface area contributed by atoms with Gasteiger partial charge in [0.25, 0.3) is 0 Å². The number of allylic oxidation sites excluding steroid dienone is 1. The minimum atomic E-state index is -0.748. The average Bonchev–Trinajstić information content (AvgIpc) is 2.33. The van der Waals surface area contributed by atoms with Gasteiger partial charge >= 0.3 is 0 Å². The van der Waals surface area contributed by atoms with E-state index in [1.54, 1.807) is 6.92 Å². The molecule has 1 rings (SSSR count). The Morgan fingerprint density at radius 1 is 1.46 bits per heavy atom. The second-order valence-corrected chi connectivity index (χ2v) is 4.50. The predicted octanol–water partition coefficient (Wildman–Crippen LogP) is 2.31. The minimum absolute atomic E-state index is 0.0866. The van der Waals surface area contributed by atoms with Crippen LogP contribution in [0.15, 0.2) is 12.2 Å². The molecule has 0 aliphatic heterocycles. The summed E-state index contributed by atoms with van der Waals surface area (Å²) in [6, 6.07) is 0. The summed E-state index contributed by atoms with van der Waals surface area (Å²) in [6.07, 6.45) is 1.38. The van der Waals surface area contributed by atoms with E-state index < -0.39 is 5.41 Å². The highest BCUT2D eigenvalue weighted by Gasteiger charge is 2.44. The summed E-state index contributed by atoms with van der Waals surface area (Å²) < 4.78 is 0.813. The first-order valence-corrected chi connectivity index (χ1v) is 5.82. The van der Waals surface area contributed by atoms with Crippen molar-refractivity contribution in [2.24, 2.45) is 5.41 Å². The fourth-order valence-electron chi connectivity index (χ4n) is 1.68. The van der Waals surface area contributed by atoms with Crippen LogP contribution < -0.4 is 0 Å². The molecule has 0 saturated heterocycles. The maximum absolute atomic E-state index is 11.5. The van der Waals surface area contributed by atoms with Gasteiger partial charge in [0, 0.05) is 17.3 Å². The molecular formula is C10H13IO2. The molecule has 0 aromatic rings. The molecule has 0 unspecified atom stereocenters. The van der Waals surface area contributed by atoms with Gasteiger partial charge in [0.15, 0.2) is 0 Å². The van der Waals surface area contributed by atoms with Crippen molar-refractivity contribution in [1.29, 1.82) is 0 Å². The Morgan fingerprint density at radius 3 is 2.31 bits per heavy atom. The lowest BCUT2D eigenvalue weighted by Gasteiger charge is -2.20. The van der Waals surface area contributed by atoms with E-state index in [2.05, 4.69) is 29.2 Å². The lowest BCUT2D eigenvalue weighted by Crippen LogP contribution is -2.29. The molecule has 13 heavy (non-hydrogen) atoms. The Balaban J connectivity index is 2.79. The zero-order valence-electron chi connectivity index (χ0n) is 7.73. The first-order valence-electron chi connectivity index (χ1n) is 4.30. The van der Waals surface area contributed by atoms with Crippen LogP contribution in [-0.2, 0) is 9.59 Å². The van der Waals surface area contributed by atoms with Crippen molar-refractivity contribution < 1.29 is 9.59 Å². The van der Waals surface area contributed by atoms with Gasteiger partial charge in [0.05, 0.1) is 5.41 Å². The summed E-state index contributed by atoms with van der Waals surface area (Å²) in [4.78, 5) is 23.0. The van der Waals surface area contributed by atoms with Crippen LogP contribution in [0.25, 0.3) is 0 Å². The monoisotopic (exact) mass is 292 g/mol. The number of ketones is 2. The van der Waals surface area contributed by atoms with E-state index >= 15 is 0 Å². The van der Waals surface area contributed by atoms with Crippen molar-refractivity contribution in [1.82, 2.24) is 0 Å². The molecule has 72 valence electrons. The third kappa shape index (κ3) is 2.00. The van der Waals surface area contributed by atoms with Crippen LogP contribution in [0.3, 0.4) is 0 Å². The second-order valence-electron chi connectivity index (χ2n) is 3.74. The number of carbonyl (C=O) groups excluding carboxylic acids is 2. The van der Waals surface area contributed by atoms with E-state index in [-0.39, 0.29) is 11.6 Å². The van der Waals surface area contributed by atoms with Gasteiger partial charge in [-0.2, -0.15) is 0 Å². The number of alkyl halides is 1. The average molecular weight is 292 g/mol. The number of hydrogen-bond acceptors (Lipinski definition) is 2. The first-order chi connectivity index (χ1) is 6.00. The molecule has 0 atom stereocenters. The lowest BCUT2D eigenvalue weighted by molar-refractivity contribution is -0.133. The zero-order chi connectivity index (χ0) is 10.1. The SMILES string of the molecule is C=C(CI)CC1(C)C(=O)CCC1=O. The number of halogens is 1. The highest BCUT2D eigenvalue weighted by Crippen LogP contribution is 2.36. The maximum Gasteiger partial charge on any atom is 0.146 e. The van der Waals surface area contributed by atoms with Gasteiger partial charge in [-0.25, -0.2) is 0 Å². The highest BCUT2D eigenvalue weighted by atomic mass is 127. The highest BCUT2D eigenvalue weighted by molar-refractivity contribution is 14.1. The molecule has 1 fully saturated rings. The molecule has 1 saturated carbocycles. The van der Waals surface area contributed by atoms with Crippen LogP contribution in [0.2, 0.25) is 0 Å². The Labute approximate surface area is 91.9 Å². The molecule has 0 aromatic heterocycles. The van der Waals surface area contributed by atoms with Crippen LogP contribution in [0, 0.1) is 5.41 Å². The Kier molecular flexibility index (Phi) is 3.27. The van der Waals surface area contributed by atoms with Crippen LogP contribution in [-0.4, -0.2) is 16.0 Å². The van der Waals surface area contributed by atoms with Gasteiger partial charge in [0.1, 0.15) is 11.6 Å². The predicted molar refractivity (Wildman–Crippen MR) is 60.0 cm³/mol. The van der Waals surface area contributed by atoms with Crippen LogP contribution in [0.5, 0.6) is 0 Å². The van der Waals surface area contributed by atoms with E-state index in [1.807, 2.05) is 0 Å². The van der Waals surface area contributed by atoms with Gasteiger partial charge in [-0.15, -0.1) is 0 Å². The van der Waals surface area contributed by atoms with Crippen molar-refractivity contribution in [2.75, 3.05) is 4.43 Å². The number of hydrogen-bond donors (Lipinski definition) is 0. The van der Waals surface area contributed by atoms with Crippen LogP contribution in [0.1, 0.15) is 26.2 Å². The van der Waals surface area contributed by atoms with E-state index in [0.29, 0.717) is 19.3 Å². The van der Waals surface area contributed by atoms with Crippen LogP contribution in [0.4, 0.5) is 0 Å². The fraction of sp³-hybridized carbons (Fsp3) is 0.600. The van der Waals surface area contributed by atoms with E-state index in [4.69, 9.17) is 0 Å². The standard InChI is InChI=1S/C10H13IO2/c1-7(6-11)5-10(2)8(12)3-4-9(10)13/h1,3-6H2,2H3. The van der Waals surface area contributed by atoms with Gasteiger partial charge in [-0.1, -0.05) is 34.7 Å². The Hall–Kier alpha value is -0.190. The summed E-state index contributed by atoms with van der Waals surface area (Å²) in [6.45, 7) is 5.59. The van der Waals surface area contributed by atoms with E-state index in [1.165, 1.54) is 0 Å². The second kappa shape index (κ2) is 3.90. The molecule has 0 N–H and O–H groups in total. The molecule has 1 aliphatic carbocycles. The number of rotatable bonds is 3. The minimum Gasteiger partial charge on any atom is -0.299 e. The lowest BCUT2D eigenvalue weighted by atomic mass is 9.81. The maximum atomic E-state index is 11.5. The third-order valence-electron chi connectivity index (χ3n) is 2.60. The van der Waals surface area contributed by atoms with Crippen molar-refractivity contribution in [2.45, 2.75) is 26.2 Å². The topological polar surface area (TPSA) is 34.1 Å². The fourth-order valence-corrected chi connectivity index (χ4v) is 1.95. The zero-order valence-corrected chi connectivity index (χ0v) is 9.89.